The van der Waals surface area contributed by atoms with Gasteiger partial charge in [-0.1, -0.05) is 18.6 Å². The first kappa shape index (κ1) is 19.3. The van der Waals surface area contributed by atoms with Gasteiger partial charge in [0.2, 0.25) is 0 Å². The maximum absolute atomic E-state index is 13.1. The molecule has 29 heavy (non-hydrogen) atoms. The zero-order valence-corrected chi connectivity index (χ0v) is 16.9. The zero-order chi connectivity index (χ0) is 20.2. The van der Waals surface area contributed by atoms with Gasteiger partial charge in [-0.15, -0.1) is 0 Å². The third kappa shape index (κ3) is 4.19. The lowest BCUT2D eigenvalue weighted by Crippen LogP contribution is -2.30. The van der Waals surface area contributed by atoms with Gasteiger partial charge in [-0.3, -0.25) is 9.78 Å². The number of pyridine rings is 1. The number of fused-ring (bicyclic) bond motifs is 1. The van der Waals surface area contributed by atoms with Crippen molar-refractivity contribution in [3.8, 4) is 0 Å². The Balaban J connectivity index is 1.58. The fourth-order valence-electron chi connectivity index (χ4n) is 3.77. The highest BCUT2D eigenvalue weighted by atomic mass is 16.2. The molecule has 0 aliphatic carbocycles. The van der Waals surface area contributed by atoms with Gasteiger partial charge in [-0.2, -0.15) is 0 Å². The topological polar surface area (TPSA) is 83.0 Å². The van der Waals surface area contributed by atoms with E-state index in [1.165, 1.54) is 12.8 Å². The Morgan fingerprint density at radius 2 is 2.14 bits per heavy atom. The van der Waals surface area contributed by atoms with E-state index in [1.807, 2.05) is 43.4 Å². The van der Waals surface area contributed by atoms with Crippen molar-refractivity contribution < 1.29 is 4.79 Å². The summed E-state index contributed by atoms with van der Waals surface area (Å²) in [6.07, 6.45) is 5.13. The maximum Gasteiger partial charge on any atom is 0.254 e. The van der Waals surface area contributed by atoms with Crippen molar-refractivity contribution in [2.75, 3.05) is 26.0 Å². The Morgan fingerprint density at radius 3 is 2.93 bits per heavy atom. The standard InChI is InChI=1S/C22H26N6O/c1-23-20-13-15(26-21(27-20)19-9-3-4-11-25-19)14-28(2)22(29)17-7-5-10-18-16(17)8-6-12-24-18/h5-8,10,12-13,19,25H,3-4,9,11,14H2,1-2H3,(H,23,26,27). The second-order valence-electron chi connectivity index (χ2n) is 7.39. The van der Waals surface area contributed by atoms with E-state index in [-0.39, 0.29) is 11.9 Å². The molecule has 4 rings (SSSR count). The van der Waals surface area contributed by atoms with Gasteiger partial charge < -0.3 is 15.5 Å². The monoisotopic (exact) mass is 390 g/mol. The largest absolute Gasteiger partial charge is 0.373 e. The molecular formula is C22H26N6O. The molecule has 7 heteroatoms. The SMILES string of the molecule is CNc1cc(CN(C)C(=O)c2cccc3ncccc23)nc(C2CCCCN2)n1. The number of rotatable bonds is 5. The molecule has 3 heterocycles. The van der Waals surface area contributed by atoms with E-state index in [1.54, 1.807) is 18.1 Å². The molecule has 1 atom stereocenters. The summed E-state index contributed by atoms with van der Waals surface area (Å²) >= 11 is 0. The third-order valence-electron chi connectivity index (χ3n) is 5.30. The molecule has 0 bridgehead atoms. The van der Waals surface area contributed by atoms with E-state index in [0.29, 0.717) is 12.1 Å². The van der Waals surface area contributed by atoms with E-state index in [9.17, 15) is 4.79 Å². The van der Waals surface area contributed by atoms with Gasteiger partial charge in [0.05, 0.1) is 23.8 Å². The number of nitrogens with zero attached hydrogens (tertiary/aromatic N) is 4. The van der Waals surface area contributed by atoms with Crippen molar-refractivity contribution in [3.63, 3.8) is 0 Å². The van der Waals surface area contributed by atoms with Crippen LogP contribution in [0.15, 0.2) is 42.6 Å². The maximum atomic E-state index is 13.1. The van der Waals surface area contributed by atoms with Gasteiger partial charge in [-0.05, 0) is 37.6 Å². The summed E-state index contributed by atoms with van der Waals surface area (Å²) in [5, 5.41) is 7.47. The van der Waals surface area contributed by atoms with E-state index >= 15 is 0 Å². The molecule has 1 amide bonds. The average molecular weight is 390 g/mol. The minimum absolute atomic E-state index is 0.0504. The summed E-state index contributed by atoms with van der Waals surface area (Å²) in [7, 11) is 3.65. The molecule has 0 saturated carbocycles. The first-order chi connectivity index (χ1) is 14.2. The van der Waals surface area contributed by atoms with Gasteiger partial charge in [0.25, 0.3) is 5.91 Å². The summed E-state index contributed by atoms with van der Waals surface area (Å²) in [6, 6.07) is 11.5. The second-order valence-corrected chi connectivity index (χ2v) is 7.39. The smallest absolute Gasteiger partial charge is 0.254 e. The van der Waals surface area contributed by atoms with Gasteiger partial charge in [0.1, 0.15) is 11.6 Å². The number of carbonyl (C=O) groups is 1. The van der Waals surface area contributed by atoms with Crippen LogP contribution in [0.1, 0.15) is 47.2 Å². The Morgan fingerprint density at radius 1 is 1.24 bits per heavy atom. The number of amides is 1. The molecule has 1 aliphatic heterocycles. The Labute approximate surface area is 170 Å². The van der Waals surface area contributed by atoms with Crippen LogP contribution < -0.4 is 10.6 Å². The number of piperidine rings is 1. The number of hydrogen-bond donors (Lipinski definition) is 2. The molecule has 1 fully saturated rings. The third-order valence-corrected chi connectivity index (χ3v) is 5.30. The molecule has 2 N–H and O–H groups in total. The lowest BCUT2D eigenvalue weighted by molar-refractivity contribution is 0.0785. The molecule has 3 aromatic rings. The first-order valence-corrected chi connectivity index (χ1v) is 10.0. The number of nitrogens with one attached hydrogen (secondary N) is 2. The van der Waals surface area contributed by atoms with Gasteiger partial charge >= 0.3 is 0 Å². The normalized spacial score (nSPS) is 16.6. The zero-order valence-electron chi connectivity index (χ0n) is 16.9. The second kappa shape index (κ2) is 8.53. The molecule has 2 aromatic heterocycles. The van der Waals surface area contributed by atoms with Crippen molar-refractivity contribution in [1.82, 2.24) is 25.2 Å². The number of benzene rings is 1. The predicted molar refractivity (Wildman–Crippen MR) is 114 cm³/mol. The van der Waals surface area contributed by atoms with E-state index in [4.69, 9.17) is 4.98 Å². The van der Waals surface area contributed by atoms with Crippen LogP contribution in [0, 0.1) is 0 Å². The highest BCUT2D eigenvalue weighted by Crippen LogP contribution is 2.23. The highest BCUT2D eigenvalue weighted by Gasteiger charge is 2.20. The highest BCUT2D eigenvalue weighted by molar-refractivity contribution is 6.05. The lowest BCUT2D eigenvalue weighted by atomic mass is 10.0. The van der Waals surface area contributed by atoms with E-state index in [2.05, 4.69) is 20.6 Å². The quantitative estimate of drug-likeness (QED) is 0.696. The molecule has 0 radical (unpaired) electrons. The molecule has 1 saturated heterocycles. The number of carbonyl (C=O) groups excluding carboxylic acids is 1. The van der Waals surface area contributed by atoms with Gasteiger partial charge in [0, 0.05) is 37.3 Å². The number of aromatic nitrogens is 3. The van der Waals surface area contributed by atoms with Crippen LogP contribution in [0.2, 0.25) is 0 Å². The van der Waals surface area contributed by atoms with Crippen molar-refractivity contribution in [2.24, 2.45) is 0 Å². The van der Waals surface area contributed by atoms with E-state index in [0.717, 1.165) is 41.2 Å². The van der Waals surface area contributed by atoms with Crippen molar-refractivity contribution >= 4 is 22.6 Å². The molecular weight excluding hydrogens is 364 g/mol. The van der Waals surface area contributed by atoms with Gasteiger partial charge in [-0.25, -0.2) is 9.97 Å². The van der Waals surface area contributed by atoms with Crippen LogP contribution in [0.5, 0.6) is 0 Å². The van der Waals surface area contributed by atoms with Crippen LogP contribution in [0.4, 0.5) is 5.82 Å². The molecule has 1 aromatic carbocycles. The number of hydrogen-bond acceptors (Lipinski definition) is 6. The van der Waals surface area contributed by atoms with Crippen LogP contribution >= 0.6 is 0 Å². The lowest BCUT2D eigenvalue weighted by Gasteiger charge is -2.24. The van der Waals surface area contributed by atoms with Crippen LogP contribution in [-0.4, -0.2) is 46.4 Å². The molecule has 150 valence electrons. The van der Waals surface area contributed by atoms with Crippen LogP contribution in [-0.2, 0) is 6.54 Å². The van der Waals surface area contributed by atoms with E-state index < -0.39 is 0 Å². The van der Waals surface area contributed by atoms with Crippen LogP contribution in [0.3, 0.4) is 0 Å². The summed E-state index contributed by atoms with van der Waals surface area (Å²) in [6.45, 7) is 1.40. The first-order valence-electron chi connectivity index (χ1n) is 10.0. The average Bonchev–Trinajstić information content (AvgIpc) is 2.78. The molecule has 0 spiro atoms. The Bertz CT molecular complexity index is 1010. The summed E-state index contributed by atoms with van der Waals surface area (Å²) in [5.74, 6) is 1.51. The minimum atomic E-state index is -0.0504. The summed E-state index contributed by atoms with van der Waals surface area (Å²) in [5.41, 5.74) is 2.29. The van der Waals surface area contributed by atoms with Gasteiger partial charge in [0.15, 0.2) is 0 Å². The fourth-order valence-corrected chi connectivity index (χ4v) is 3.77. The molecule has 1 aliphatic rings. The summed E-state index contributed by atoms with van der Waals surface area (Å²) < 4.78 is 0. The predicted octanol–water partition coefficient (Wildman–Crippen LogP) is 3.15. The van der Waals surface area contributed by atoms with Crippen LogP contribution in [0.25, 0.3) is 10.9 Å². The van der Waals surface area contributed by atoms with Crippen molar-refractivity contribution in [2.45, 2.75) is 31.8 Å². The Hall–Kier alpha value is -3.06. The minimum Gasteiger partial charge on any atom is -0.373 e. The molecule has 7 nitrogen and oxygen atoms in total. The summed E-state index contributed by atoms with van der Waals surface area (Å²) in [4.78, 5) is 28.6. The van der Waals surface area contributed by atoms with Crippen molar-refractivity contribution in [3.05, 3.63) is 59.7 Å². The van der Waals surface area contributed by atoms with Crippen molar-refractivity contribution in [1.29, 1.82) is 0 Å². The molecule has 1 unspecified atom stereocenters. The number of anilines is 1. The fraction of sp³-hybridized carbons (Fsp3) is 0.364. The Kier molecular flexibility index (Phi) is 5.67.